The Morgan fingerprint density at radius 3 is 2.42 bits per heavy atom. The Morgan fingerprint density at radius 2 is 1.77 bits per heavy atom. The lowest BCUT2D eigenvalue weighted by Gasteiger charge is -2.29. The number of nitrogens with zero attached hydrogens (tertiary/aromatic N) is 2. The van der Waals surface area contributed by atoms with E-state index in [1.807, 2.05) is 12.1 Å². The number of esters is 1. The number of methoxy groups -OCH3 is 1. The summed E-state index contributed by atoms with van der Waals surface area (Å²) in [5.74, 6) is -0.530. The molecule has 26 heavy (non-hydrogen) atoms. The third-order valence-electron chi connectivity index (χ3n) is 4.28. The fourth-order valence-corrected chi connectivity index (χ4v) is 3.75. The number of thiophene rings is 1. The van der Waals surface area contributed by atoms with E-state index in [4.69, 9.17) is 4.74 Å². The first-order valence-electron chi connectivity index (χ1n) is 8.43. The average Bonchev–Trinajstić information content (AvgIpc) is 3.18. The summed E-state index contributed by atoms with van der Waals surface area (Å²) in [7, 11) is 3.09. The predicted octanol–water partition coefficient (Wildman–Crippen LogP) is 2.64. The van der Waals surface area contributed by atoms with E-state index in [0.717, 1.165) is 43.2 Å². The molecule has 2 aromatic rings. The summed E-state index contributed by atoms with van der Waals surface area (Å²) in [5.41, 5.74) is 2.23. The van der Waals surface area contributed by atoms with Gasteiger partial charge < -0.3 is 19.3 Å². The molecule has 6 nitrogen and oxygen atoms in total. The molecule has 0 N–H and O–H groups in total. The van der Waals surface area contributed by atoms with Gasteiger partial charge in [0.1, 0.15) is 4.88 Å². The van der Waals surface area contributed by atoms with Gasteiger partial charge in [0.25, 0.3) is 5.91 Å². The molecule has 0 saturated carbocycles. The molecule has 0 bridgehead atoms. The fraction of sp³-hybridized carbons (Fsp3) is 0.368. The lowest BCUT2D eigenvalue weighted by Crippen LogP contribution is -2.36. The number of rotatable bonds is 5. The van der Waals surface area contributed by atoms with Crippen molar-refractivity contribution >= 4 is 28.9 Å². The van der Waals surface area contributed by atoms with Gasteiger partial charge in [0.15, 0.2) is 0 Å². The van der Waals surface area contributed by atoms with Crippen molar-refractivity contribution in [1.82, 2.24) is 4.90 Å². The van der Waals surface area contributed by atoms with Gasteiger partial charge in [-0.25, -0.2) is 4.79 Å². The maximum absolute atomic E-state index is 12.5. The number of ether oxygens (including phenoxy) is 2. The van der Waals surface area contributed by atoms with Gasteiger partial charge in [-0.1, -0.05) is 12.1 Å². The Hall–Kier alpha value is -2.38. The molecule has 1 aliphatic heterocycles. The van der Waals surface area contributed by atoms with Crippen molar-refractivity contribution in [2.24, 2.45) is 0 Å². The van der Waals surface area contributed by atoms with Crippen LogP contribution in [0, 0.1) is 0 Å². The SMILES string of the molecule is COC(=O)c1ccc(C(=O)N(C)Cc2ccc(N3CCOCC3)cc2)s1. The zero-order valence-electron chi connectivity index (χ0n) is 14.9. The zero-order valence-corrected chi connectivity index (χ0v) is 15.8. The number of benzene rings is 1. The van der Waals surface area contributed by atoms with E-state index in [1.165, 1.54) is 12.8 Å². The second kappa shape index (κ2) is 8.33. The minimum atomic E-state index is -0.421. The Labute approximate surface area is 156 Å². The van der Waals surface area contributed by atoms with Crippen LogP contribution in [0.5, 0.6) is 0 Å². The van der Waals surface area contributed by atoms with E-state index in [-0.39, 0.29) is 5.91 Å². The summed E-state index contributed by atoms with van der Waals surface area (Å²) in [6.07, 6.45) is 0. The molecule has 0 radical (unpaired) electrons. The second-order valence-electron chi connectivity index (χ2n) is 6.08. The number of amides is 1. The van der Waals surface area contributed by atoms with Crippen molar-refractivity contribution in [3.63, 3.8) is 0 Å². The lowest BCUT2D eigenvalue weighted by molar-refractivity contribution is 0.0606. The Balaban J connectivity index is 1.61. The molecule has 138 valence electrons. The van der Waals surface area contributed by atoms with Crippen LogP contribution >= 0.6 is 11.3 Å². The van der Waals surface area contributed by atoms with Crippen molar-refractivity contribution in [2.75, 3.05) is 45.4 Å². The smallest absolute Gasteiger partial charge is 0.348 e. The molecule has 1 aromatic heterocycles. The molecule has 0 unspecified atom stereocenters. The number of carbonyl (C=O) groups excluding carboxylic acids is 2. The maximum atomic E-state index is 12.5. The van der Waals surface area contributed by atoms with E-state index in [1.54, 1.807) is 24.1 Å². The van der Waals surface area contributed by atoms with E-state index in [2.05, 4.69) is 21.8 Å². The molecule has 3 rings (SSSR count). The molecule has 0 aliphatic carbocycles. The van der Waals surface area contributed by atoms with E-state index in [0.29, 0.717) is 16.3 Å². The third-order valence-corrected chi connectivity index (χ3v) is 5.34. The first kappa shape index (κ1) is 18.4. The van der Waals surface area contributed by atoms with Crippen LogP contribution in [-0.4, -0.2) is 57.2 Å². The van der Waals surface area contributed by atoms with Crippen molar-refractivity contribution in [2.45, 2.75) is 6.54 Å². The monoisotopic (exact) mass is 374 g/mol. The summed E-state index contributed by atoms with van der Waals surface area (Å²) >= 11 is 1.15. The van der Waals surface area contributed by atoms with Gasteiger partial charge in [0, 0.05) is 32.4 Å². The number of hydrogen-bond donors (Lipinski definition) is 0. The molecule has 0 spiro atoms. The van der Waals surface area contributed by atoms with Gasteiger partial charge in [0.2, 0.25) is 0 Å². The van der Waals surface area contributed by atoms with Crippen LogP contribution in [0.15, 0.2) is 36.4 Å². The maximum Gasteiger partial charge on any atom is 0.348 e. The van der Waals surface area contributed by atoms with Crippen molar-refractivity contribution in [3.8, 4) is 0 Å². The molecule has 7 heteroatoms. The predicted molar refractivity (Wildman–Crippen MR) is 101 cm³/mol. The van der Waals surface area contributed by atoms with Crippen molar-refractivity contribution < 1.29 is 19.1 Å². The standard InChI is InChI=1S/C19H22N2O4S/c1-20(18(22)16-7-8-17(26-16)19(23)24-2)13-14-3-5-15(6-4-14)21-9-11-25-12-10-21/h3-8H,9-13H2,1-2H3. The van der Waals surface area contributed by atoms with Gasteiger partial charge >= 0.3 is 5.97 Å². The quantitative estimate of drug-likeness (QED) is 0.753. The molecule has 0 atom stereocenters. The highest BCUT2D eigenvalue weighted by molar-refractivity contribution is 7.15. The molecule has 2 heterocycles. The molecule has 1 amide bonds. The Morgan fingerprint density at radius 1 is 1.12 bits per heavy atom. The first-order chi connectivity index (χ1) is 12.6. The third kappa shape index (κ3) is 4.23. The highest BCUT2D eigenvalue weighted by atomic mass is 32.1. The first-order valence-corrected chi connectivity index (χ1v) is 9.25. The van der Waals surface area contributed by atoms with E-state index in [9.17, 15) is 9.59 Å². The molecule has 1 aliphatic rings. The minimum absolute atomic E-state index is 0.109. The summed E-state index contributed by atoms with van der Waals surface area (Å²) in [4.78, 5) is 29.0. The molecule has 1 aromatic carbocycles. The van der Waals surface area contributed by atoms with Crippen LogP contribution in [0.1, 0.15) is 24.9 Å². The van der Waals surface area contributed by atoms with Gasteiger partial charge in [0.05, 0.1) is 25.2 Å². The molecule has 1 saturated heterocycles. The van der Waals surface area contributed by atoms with Gasteiger partial charge in [-0.2, -0.15) is 0 Å². The van der Waals surface area contributed by atoms with Crippen LogP contribution in [-0.2, 0) is 16.0 Å². The van der Waals surface area contributed by atoms with Crippen LogP contribution in [0.3, 0.4) is 0 Å². The van der Waals surface area contributed by atoms with Gasteiger partial charge in [-0.05, 0) is 29.8 Å². The van der Waals surface area contributed by atoms with Crippen molar-refractivity contribution in [1.29, 1.82) is 0 Å². The zero-order chi connectivity index (χ0) is 18.5. The van der Waals surface area contributed by atoms with E-state index < -0.39 is 5.97 Å². The van der Waals surface area contributed by atoms with Crippen LogP contribution in [0.25, 0.3) is 0 Å². The topological polar surface area (TPSA) is 59.1 Å². The summed E-state index contributed by atoms with van der Waals surface area (Å²) in [5, 5.41) is 0. The fourth-order valence-electron chi connectivity index (χ4n) is 2.83. The average molecular weight is 374 g/mol. The molecular formula is C19H22N2O4S. The summed E-state index contributed by atoms with van der Waals surface area (Å²) in [6.45, 7) is 3.83. The summed E-state index contributed by atoms with van der Waals surface area (Å²) < 4.78 is 10.1. The number of morpholine rings is 1. The summed E-state index contributed by atoms with van der Waals surface area (Å²) in [6, 6.07) is 11.5. The minimum Gasteiger partial charge on any atom is -0.465 e. The van der Waals surface area contributed by atoms with Gasteiger partial charge in [-0.3, -0.25) is 4.79 Å². The van der Waals surface area contributed by atoms with Gasteiger partial charge in [-0.15, -0.1) is 11.3 Å². The largest absolute Gasteiger partial charge is 0.465 e. The molecular weight excluding hydrogens is 352 g/mol. The highest BCUT2D eigenvalue weighted by Crippen LogP contribution is 2.21. The van der Waals surface area contributed by atoms with Crippen molar-refractivity contribution in [3.05, 3.63) is 51.7 Å². The lowest BCUT2D eigenvalue weighted by atomic mass is 10.1. The second-order valence-corrected chi connectivity index (χ2v) is 7.17. The number of hydrogen-bond acceptors (Lipinski definition) is 6. The number of carbonyl (C=O) groups is 2. The van der Waals surface area contributed by atoms with Crippen LogP contribution in [0.4, 0.5) is 5.69 Å². The Bertz CT molecular complexity index is 766. The van der Waals surface area contributed by atoms with Crippen LogP contribution in [0.2, 0.25) is 0 Å². The van der Waals surface area contributed by atoms with Crippen LogP contribution < -0.4 is 4.90 Å². The number of anilines is 1. The Kier molecular flexibility index (Phi) is 5.90. The van der Waals surface area contributed by atoms with E-state index >= 15 is 0 Å². The normalized spacial score (nSPS) is 14.2. The highest BCUT2D eigenvalue weighted by Gasteiger charge is 2.18. The molecule has 1 fully saturated rings.